The summed E-state index contributed by atoms with van der Waals surface area (Å²) in [5, 5.41) is 8.49. The van der Waals surface area contributed by atoms with Crippen molar-refractivity contribution in [2.75, 3.05) is 0 Å². The number of nitrogens with two attached hydrogens (primary N) is 1. The fraction of sp³-hybridized carbons (Fsp3) is 0.833. The van der Waals surface area contributed by atoms with Crippen LogP contribution in [-0.4, -0.2) is 6.04 Å². The highest BCUT2D eigenvalue weighted by atomic mass is 14.7. The minimum Gasteiger partial charge on any atom is -0.326 e. The van der Waals surface area contributed by atoms with E-state index in [4.69, 9.17) is 11.0 Å². The van der Waals surface area contributed by atoms with Crippen LogP contribution < -0.4 is 5.73 Å². The Labute approximate surface area is 49.3 Å². The second kappa shape index (κ2) is 1.46. The Kier molecular flexibility index (Phi) is 1.02. The van der Waals surface area contributed by atoms with Crippen LogP contribution in [0.25, 0.3) is 0 Å². The zero-order valence-electron chi connectivity index (χ0n) is 5.02. The van der Waals surface area contributed by atoms with E-state index in [1.54, 1.807) is 0 Å². The van der Waals surface area contributed by atoms with Gasteiger partial charge in [0.1, 0.15) is 0 Å². The molecule has 1 fully saturated rings. The van der Waals surface area contributed by atoms with Crippen LogP contribution in [0, 0.1) is 16.7 Å². The second-order valence-electron chi connectivity index (χ2n) is 2.67. The van der Waals surface area contributed by atoms with Crippen molar-refractivity contribution in [1.82, 2.24) is 0 Å². The first-order valence-corrected chi connectivity index (χ1v) is 2.86. The summed E-state index contributed by atoms with van der Waals surface area (Å²) >= 11 is 0. The van der Waals surface area contributed by atoms with Crippen molar-refractivity contribution in [1.29, 1.82) is 5.26 Å². The third-order valence-corrected chi connectivity index (χ3v) is 2.05. The summed E-state index contributed by atoms with van der Waals surface area (Å²) in [5.41, 5.74) is 5.35. The van der Waals surface area contributed by atoms with Gasteiger partial charge >= 0.3 is 0 Å². The van der Waals surface area contributed by atoms with Crippen LogP contribution in [0.3, 0.4) is 0 Å². The summed E-state index contributed by atoms with van der Waals surface area (Å²) in [7, 11) is 0. The topological polar surface area (TPSA) is 49.8 Å². The molecule has 1 saturated carbocycles. The molecule has 2 heteroatoms. The Morgan fingerprint density at radius 3 is 2.50 bits per heavy atom. The summed E-state index contributed by atoms with van der Waals surface area (Å²) in [5.74, 6) is 0. The smallest absolute Gasteiger partial charge is 0.0703 e. The van der Waals surface area contributed by atoms with Gasteiger partial charge < -0.3 is 5.73 Å². The standard InChI is InChI=1S/C6H10N2/c1-6(4-7)3-2-5(6)8/h5H,2-3,8H2,1H3. The van der Waals surface area contributed by atoms with Crippen molar-refractivity contribution in [3.63, 3.8) is 0 Å². The second-order valence-corrected chi connectivity index (χ2v) is 2.67. The average molecular weight is 110 g/mol. The van der Waals surface area contributed by atoms with E-state index in [1.807, 2.05) is 6.92 Å². The molecule has 0 radical (unpaired) electrons. The first-order valence-electron chi connectivity index (χ1n) is 2.86. The van der Waals surface area contributed by atoms with Crippen LogP contribution in [0.2, 0.25) is 0 Å². The van der Waals surface area contributed by atoms with Crippen LogP contribution in [0.5, 0.6) is 0 Å². The first-order chi connectivity index (χ1) is 3.69. The van der Waals surface area contributed by atoms with Gasteiger partial charge in [0.15, 0.2) is 0 Å². The molecular weight excluding hydrogens is 100 g/mol. The lowest BCUT2D eigenvalue weighted by Gasteiger charge is -2.38. The van der Waals surface area contributed by atoms with Gasteiger partial charge in [-0.3, -0.25) is 0 Å². The molecule has 0 bridgehead atoms. The Hall–Kier alpha value is -0.550. The normalized spacial score (nSPS) is 44.9. The van der Waals surface area contributed by atoms with Gasteiger partial charge in [-0.15, -0.1) is 0 Å². The molecule has 1 rings (SSSR count). The lowest BCUT2D eigenvalue weighted by Crippen LogP contribution is -2.47. The predicted molar refractivity (Wildman–Crippen MR) is 30.9 cm³/mol. The number of nitrogens with zero attached hydrogens (tertiary/aromatic N) is 1. The van der Waals surface area contributed by atoms with E-state index in [0.29, 0.717) is 0 Å². The van der Waals surface area contributed by atoms with E-state index in [0.717, 1.165) is 12.8 Å². The molecule has 0 amide bonds. The third kappa shape index (κ3) is 0.517. The van der Waals surface area contributed by atoms with Crippen molar-refractivity contribution in [2.24, 2.45) is 11.1 Å². The Morgan fingerprint density at radius 2 is 2.50 bits per heavy atom. The molecule has 2 N–H and O–H groups in total. The van der Waals surface area contributed by atoms with Crippen molar-refractivity contribution in [2.45, 2.75) is 25.8 Å². The van der Waals surface area contributed by atoms with Gasteiger partial charge in [-0.05, 0) is 19.8 Å². The fourth-order valence-corrected chi connectivity index (χ4v) is 0.883. The van der Waals surface area contributed by atoms with Crippen molar-refractivity contribution in [3.05, 3.63) is 0 Å². The van der Waals surface area contributed by atoms with Gasteiger partial charge in [-0.2, -0.15) is 5.26 Å². The zero-order valence-corrected chi connectivity index (χ0v) is 5.02. The molecule has 2 atom stereocenters. The van der Waals surface area contributed by atoms with E-state index in [1.165, 1.54) is 0 Å². The van der Waals surface area contributed by atoms with Gasteiger partial charge in [0.25, 0.3) is 0 Å². The lowest BCUT2D eigenvalue weighted by molar-refractivity contribution is 0.192. The molecule has 0 heterocycles. The van der Waals surface area contributed by atoms with E-state index in [9.17, 15) is 0 Å². The fourth-order valence-electron chi connectivity index (χ4n) is 0.883. The molecule has 8 heavy (non-hydrogen) atoms. The van der Waals surface area contributed by atoms with Gasteiger partial charge in [0, 0.05) is 6.04 Å². The SMILES string of the molecule is CC1(C#N)CCC1N. The van der Waals surface area contributed by atoms with E-state index in [2.05, 4.69) is 6.07 Å². The first kappa shape index (κ1) is 5.58. The van der Waals surface area contributed by atoms with Crippen molar-refractivity contribution >= 4 is 0 Å². The highest BCUT2D eigenvalue weighted by molar-refractivity contribution is 5.09. The van der Waals surface area contributed by atoms with Crippen LogP contribution in [-0.2, 0) is 0 Å². The van der Waals surface area contributed by atoms with Crippen molar-refractivity contribution < 1.29 is 0 Å². The maximum absolute atomic E-state index is 8.49. The van der Waals surface area contributed by atoms with Gasteiger partial charge in [0.05, 0.1) is 11.5 Å². The van der Waals surface area contributed by atoms with E-state index < -0.39 is 0 Å². The molecule has 44 valence electrons. The summed E-state index contributed by atoms with van der Waals surface area (Å²) < 4.78 is 0. The molecule has 0 aromatic heterocycles. The largest absolute Gasteiger partial charge is 0.326 e. The van der Waals surface area contributed by atoms with Gasteiger partial charge in [0.2, 0.25) is 0 Å². The number of rotatable bonds is 0. The summed E-state index contributed by atoms with van der Waals surface area (Å²) in [6, 6.07) is 2.33. The maximum atomic E-state index is 8.49. The van der Waals surface area contributed by atoms with Crippen LogP contribution >= 0.6 is 0 Å². The molecule has 0 saturated heterocycles. The maximum Gasteiger partial charge on any atom is 0.0703 e. The molecule has 1 aliphatic rings. The number of hydrogen-bond acceptors (Lipinski definition) is 2. The average Bonchev–Trinajstić information content (AvgIpc) is 1.83. The molecule has 0 aromatic carbocycles. The Bertz CT molecular complexity index is 136. The van der Waals surface area contributed by atoms with Crippen molar-refractivity contribution in [3.8, 4) is 6.07 Å². The highest BCUT2D eigenvalue weighted by Gasteiger charge is 2.40. The van der Waals surface area contributed by atoms with Crippen LogP contribution in [0.15, 0.2) is 0 Å². The minimum absolute atomic E-state index is 0.132. The molecule has 1 aliphatic carbocycles. The highest BCUT2D eigenvalue weighted by Crippen LogP contribution is 2.37. The Morgan fingerprint density at radius 1 is 1.88 bits per heavy atom. The van der Waals surface area contributed by atoms with E-state index >= 15 is 0 Å². The predicted octanol–water partition coefficient (Wildman–Crippen LogP) is 0.637. The summed E-state index contributed by atoms with van der Waals surface area (Å²) in [6.07, 6.45) is 1.99. The molecule has 0 spiro atoms. The summed E-state index contributed by atoms with van der Waals surface area (Å²) in [4.78, 5) is 0. The Balaban J connectivity index is 2.59. The van der Waals surface area contributed by atoms with Gasteiger partial charge in [-0.25, -0.2) is 0 Å². The quantitative estimate of drug-likeness (QED) is 0.497. The van der Waals surface area contributed by atoms with Gasteiger partial charge in [-0.1, -0.05) is 0 Å². The molecule has 2 nitrogen and oxygen atoms in total. The molecule has 0 aromatic rings. The molecule has 2 unspecified atom stereocenters. The number of hydrogen-bond donors (Lipinski definition) is 1. The molecule has 0 aliphatic heterocycles. The summed E-state index contributed by atoms with van der Waals surface area (Å²) in [6.45, 7) is 1.92. The van der Waals surface area contributed by atoms with Crippen LogP contribution in [0.4, 0.5) is 0 Å². The molecular formula is C6H10N2. The number of nitriles is 1. The van der Waals surface area contributed by atoms with E-state index in [-0.39, 0.29) is 11.5 Å². The zero-order chi connectivity index (χ0) is 6.20. The minimum atomic E-state index is -0.194. The van der Waals surface area contributed by atoms with Crippen LogP contribution in [0.1, 0.15) is 19.8 Å². The lowest BCUT2D eigenvalue weighted by atomic mass is 9.67. The third-order valence-electron chi connectivity index (χ3n) is 2.05. The monoisotopic (exact) mass is 110 g/mol.